The van der Waals surface area contributed by atoms with E-state index in [0.29, 0.717) is 24.3 Å². The van der Waals surface area contributed by atoms with Crippen molar-refractivity contribution in [3.8, 4) is 11.5 Å². The molecule has 0 aliphatic heterocycles. The second-order valence-electron chi connectivity index (χ2n) is 22.4. The van der Waals surface area contributed by atoms with Crippen molar-refractivity contribution in [1.29, 1.82) is 0 Å². The zero-order chi connectivity index (χ0) is 49.2. The quantitative estimate of drug-likeness (QED) is 0.0557. The van der Waals surface area contributed by atoms with E-state index in [0.717, 1.165) is 33.4 Å². The van der Waals surface area contributed by atoms with Gasteiger partial charge in [0.15, 0.2) is 0 Å². The van der Waals surface area contributed by atoms with Crippen LogP contribution in [0.2, 0.25) is 0 Å². The maximum absolute atomic E-state index is 12.8. The molecular formula is C51H77NO12. The van der Waals surface area contributed by atoms with Crippen LogP contribution in [0.5, 0.6) is 11.5 Å². The molecule has 0 saturated carbocycles. The van der Waals surface area contributed by atoms with E-state index in [1.807, 2.05) is 107 Å². The Morgan fingerprint density at radius 3 is 1.11 bits per heavy atom. The molecule has 2 aromatic rings. The third kappa shape index (κ3) is 19.0. The predicted octanol–water partition coefficient (Wildman–Crippen LogP) is 10.6. The van der Waals surface area contributed by atoms with Crippen LogP contribution in [0.3, 0.4) is 0 Å². The topological polar surface area (TPSA) is 170 Å². The fourth-order valence-electron chi connectivity index (χ4n) is 6.42. The van der Waals surface area contributed by atoms with Crippen molar-refractivity contribution in [2.45, 2.75) is 196 Å². The number of esters is 2. The van der Waals surface area contributed by atoms with Gasteiger partial charge in [0.1, 0.15) is 29.3 Å². The van der Waals surface area contributed by atoms with Gasteiger partial charge < -0.3 is 33.7 Å². The number of amides is 1. The lowest BCUT2D eigenvalue weighted by molar-refractivity contribution is -0.145. The fourth-order valence-corrected chi connectivity index (χ4v) is 6.42. The van der Waals surface area contributed by atoms with Gasteiger partial charge in [-0.15, -0.1) is 0 Å². The van der Waals surface area contributed by atoms with E-state index in [-0.39, 0.29) is 45.4 Å². The van der Waals surface area contributed by atoms with Crippen LogP contribution >= 0.6 is 0 Å². The molecule has 1 amide bonds. The molecule has 0 bridgehead atoms. The lowest BCUT2D eigenvalue weighted by Crippen LogP contribution is -2.34. The number of aryl methyl sites for hydroxylation is 2. The van der Waals surface area contributed by atoms with Gasteiger partial charge in [0.25, 0.3) is 5.91 Å². The summed E-state index contributed by atoms with van der Waals surface area (Å²) in [6.07, 6.45) is -0.656. The van der Waals surface area contributed by atoms with Crippen molar-refractivity contribution in [3.63, 3.8) is 0 Å². The van der Waals surface area contributed by atoms with E-state index in [9.17, 15) is 28.8 Å². The summed E-state index contributed by atoms with van der Waals surface area (Å²) < 4.78 is 33.3. The van der Waals surface area contributed by atoms with Gasteiger partial charge in [0.2, 0.25) is 5.78 Å². The lowest BCUT2D eigenvalue weighted by atomic mass is 9.78. The van der Waals surface area contributed by atoms with Crippen LogP contribution in [0.25, 0.3) is 0 Å². The summed E-state index contributed by atoms with van der Waals surface area (Å²) in [4.78, 5) is 75.9. The highest BCUT2D eigenvalue weighted by Crippen LogP contribution is 2.43. The normalized spacial score (nSPS) is 12.5. The Bertz CT molecular complexity index is 1770. The number of carbonyl (C=O) groups is 6. The van der Waals surface area contributed by atoms with Gasteiger partial charge in [-0.2, -0.15) is 0 Å². The third-order valence-electron chi connectivity index (χ3n) is 9.63. The standard InChI is InChI=1S/C51H77NO12/c1-46(2,3)34-28-32(29-35(47(4,5)6)41(34)61-44(57)63-50(13,14)15)21-23-39(54)59-26-19-20-38(53)43(56)52-25-27-60-40(55)24-22-33-30-36(48(7,8)9)42(37(31-33)49(10,11)12)62-45(58)64-51(16,17)18/h28-31H,19-27H2,1-18H3,(H,52,56). The minimum absolute atomic E-state index is 0.0351. The number of hydrogen-bond donors (Lipinski definition) is 1. The zero-order valence-electron chi connectivity index (χ0n) is 42.1. The minimum Gasteiger partial charge on any atom is -0.466 e. The average Bonchev–Trinajstić information content (AvgIpc) is 3.10. The molecule has 0 aliphatic carbocycles. The van der Waals surface area contributed by atoms with Crippen LogP contribution in [0, 0.1) is 0 Å². The number of rotatable bonds is 16. The first-order valence-electron chi connectivity index (χ1n) is 22.3. The smallest absolute Gasteiger partial charge is 0.466 e. The number of hydrogen-bond acceptors (Lipinski definition) is 12. The first-order chi connectivity index (χ1) is 29.0. The minimum atomic E-state index is -0.816. The Labute approximate surface area is 382 Å². The summed E-state index contributed by atoms with van der Waals surface area (Å²) in [5.41, 5.74) is 1.92. The highest BCUT2D eigenvalue weighted by molar-refractivity contribution is 6.36. The Kier molecular flexibility index (Phi) is 18.8. The van der Waals surface area contributed by atoms with Gasteiger partial charge in [-0.1, -0.05) is 107 Å². The molecule has 2 rings (SSSR count). The van der Waals surface area contributed by atoms with Crippen molar-refractivity contribution in [2.75, 3.05) is 19.8 Å². The molecule has 0 unspecified atom stereocenters. The van der Waals surface area contributed by atoms with Gasteiger partial charge in [-0.05, 0) is 93.6 Å². The van der Waals surface area contributed by atoms with Crippen molar-refractivity contribution in [2.24, 2.45) is 0 Å². The number of benzene rings is 2. The molecule has 13 heteroatoms. The Balaban J connectivity index is 1.89. The first-order valence-corrected chi connectivity index (χ1v) is 22.3. The fraction of sp³-hybridized carbons (Fsp3) is 0.647. The summed E-state index contributed by atoms with van der Waals surface area (Å²) >= 11 is 0. The second-order valence-corrected chi connectivity index (χ2v) is 22.4. The molecule has 358 valence electrons. The molecular weight excluding hydrogens is 819 g/mol. The second kappa shape index (κ2) is 21.8. The summed E-state index contributed by atoms with van der Waals surface area (Å²) in [5.74, 6) is -1.52. The van der Waals surface area contributed by atoms with Gasteiger partial charge >= 0.3 is 24.2 Å². The van der Waals surface area contributed by atoms with E-state index in [4.69, 9.17) is 28.4 Å². The van der Waals surface area contributed by atoms with Crippen LogP contribution in [0.1, 0.15) is 184 Å². The molecule has 0 atom stereocenters. The Morgan fingerprint density at radius 2 is 0.797 bits per heavy atom. The summed E-state index contributed by atoms with van der Waals surface area (Å²) in [6, 6.07) is 7.76. The summed E-state index contributed by atoms with van der Waals surface area (Å²) in [5, 5.41) is 2.48. The Hall–Kier alpha value is -4.94. The maximum atomic E-state index is 12.8. The van der Waals surface area contributed by atoms with Crippen molar-refractivity contribution in [3.05, 3.63) is 57.6 Å². The highest BCUT2D eigenvalue weighted by atomic mass is 16.7. The molecule has 0 heterocycles. The van der Waals surface area contributed by atoms with E-state index >= 15 is 0 Å². The Morgan fingerprint density at radius 1 is 0.469 bits per heavy atom. The molecule has 0 radical (unpaired) electrons. The molecule has 0 saturated heterocycles. The molecule has 0 aromatic heterocycles. The molecule has 0 aliphatic rings. The van der Waals surface area contributed by atoms with E-state index in [1.54, 1.807) is 41.5 Å². The van der Waals surface area contributed by atoms with Gasteiger partial charge in [0.05, 0.1) is 13.2 Å². The van der Waals surface area contributed by atoms with E-state index in [2.05, 4.69) is 5.32 Å². The first kappa shape index (κ1) is 55.2. The van der Waals surface area contributed by atoms with Gasteiger partial charge in [-0.25, -0.2) is 9.59 Å². The molecule has 2 aromatic carbocycles. The van der Waals surface area contributed by atoms with Gasteiger partial charge in [-0.3, -0.25) is 19.2 Å². The number of carbonyl (C=O) groups excluding carboxylic acids is 6. The molecule has 0 spiro atoms. The SMILES string of the molecule is CC(C)(C)OC(=O)Oc1c(C(C)(C)C)cc(CCC(=O)OCCCC(=O)C(=O)NCCOC(=O)CCc2cc(C(C)(C)C)c(OC(=O)OC(C)(C)C)c(C(C)(C)C)c2)cc1C(C)(C)C. The number of ketones is 1. The van der Waals surface area contributed by atoms with Crippen molar-refractivity contribution >= 4 is 35.9 Å². The van der Waals surface area contributed by atoms with Crippen LogP contribution in [-0.4, -0.2) is 66.9 Å². The number of nitrogens with one attached hydrogen (secondary N) is 1. The number of ether oxygens (including phenoxy) is 6. The van der Waals surface area contributed by atoms with E-state index < -0.39 is 68.8 Å². The van der Waals surface area contributed by atoms with Crippen LogP contribution in [0.4, 0.5) is 9.59 Å². The van der Waals surface area contributed by atoms with Gasteiger partial charge in [0, 0.05) is 41.5 Å². The largest absolute Gasteiger partial charge is 0.514 e. The zero-order valence-corrected chi connectivity index (χ0v) is 42.1. The maximum Gasteiger partial charge on any atom is 0.514 e. The predicted molar refractivity (Wildman–Crippen MR) is 247 cm³/mol. The highest BCUT2D eigenvalue weighted by Gasteiger charge is 2.33. The summed E-state index contributed by atoms with van der Waals surface area (Å²) in [6.45, 7) is 34.7. The van der Waals surface area contributed by atoms with Crippen LogP contribution < -0.4 is 14.8 Å². The number of Topliss-reactive ketones (excluding diaryl/α,β-unsaturated/α-hetero) is 1. The third-order valence-corrected chi connectivity index (χ3v) is 9.63. The summed E-state index contributed by atoms with van der Waals surface area (Å²) in [7, 11) is 0. The molecule has 13 nitrogen and oxygen atoms in total. The molecule has 0 fully saturated rings. The van der Waals surface area contributed by atoms with Crippen LogP contribution in [-0.2, 0) is 72.6 Å². The lowest BCUT2D eigenvalue weighted by Gasteiger charge is -2.30. The average molecular weight is 896 g/mol. The van der Waals surface area contributed by atoms with Crippen LogP contribution in [0.15, 0.2) is 24.3 Å². The van der Waals surface area contributed by atoms with E-state index in [1.165, 1.54) is 0 Å². The van der Waals surface area contributed by atoms with Crippen molar-refractivity contribution in [1.82, 2.24) is 5.32 Å². The molecule has 1 N–H and O–H groups in total. The molecule has 64 heavy (non-hydrogen) atoms. The monoisotopic (exact) mass is 896 g/mol. The van der Waals surface area contributed by atoms with Crippen molar-refractivity contribution < 1.29 is 57.2 Å².